The summed E-state index contributed by atoms with van der Waals surface area (Å²) < 4.78 is 5.15. The molecule has 1 aliphatic rings. The number of piperidine rings is 1. The number of hydrogen-bond acceptors (Lipinski definition) is 3. The SMILES string of the molecule is COc1ccc(CNC(=O)[C@]2(C)CCCN(C(=O)c3ccccc3)C2)cc1. The van der Waals surface area contributed by atoms with Gasteiger partial charge in [0.15, 0.2) is 0 Å². The van der Waals surface area contributed by atoms with E-state index >= 15 is 0 Å². The molecule has 27 heavy (non-hydrogen) atoms. The molecule has 0 saturated carbocycles. The molecule has 0 bridgehead atoms. The Bertz CT molecular complexity index is 789. The lowest BCUT2D eigenvalue weighted by molar-refractivity contribution is -0.132. The van der Waals surface area contributed by atoms with E-state index in [1.54, 1.807) is 12.0 Å². The summed E-state index contributed by atoms with van der Waals surface area (Å²) in [5.41, 5.74) is 1.11. The second-order valence-electron chi connectivity index (χ2n) is 7.29. The van der Waals surface area contributed by atoms with E-state index in [0.29, 0.717) is 25.2 Å². The van der Waals surface area contributed by atoms with Crippen LogP contribution in [-0.2, 0) is 11.3 Å². The Kier molecular flexibility index (Phi) is 5.79. The van der Waals surface area contributed by atoms with Crippen LogP contribution in [0.4, 0.5) is 0 Å². The first-order chi connectivity index (χ1) is 13.0. The summed E-state index contributed by atoms with van der Waals surface area (Å²) >= 11 is 0. The number of amides is 2. The minimum atomic E-state index is -0.574. The third kappa shape index (κ3) is 4.48. The number of benzene rings is 2. The van der Waals surface area contributed by atoms with Crippen molar-refractivity contribution in [1.82, 2.24) is 10.2 Å². The smallest absolute Gasteiger partial charge is 0.253 e. The third-order valence-corrected chi connectivity index (χ3v) is 5.16. The minimum absolute atomic E-state index is 0.00974. The Morgan fingerprint density at radius 3 is 2.48 bits per heavy atom. The summed E-state index contributed by atoms with van der Waals surface area (Å²) in [6.07, 6.45) is 1.60. The molecule has 1 heterocycles. The Hall–Kier alpha value is -2.82. The zero-order chi connectivity index (χ0) is 19.3. The number of nitrogens with zero attached hydrogens (tertiary/aromatic N) is 1. The molecule has 0 aliphatic carbocycles. The van der Waals surface area contributed by atoms with Crippen molar-refractivity contribution in [3.05, 3.63) is 65.7 Å². The van der Waals surface area contributed by atoms with Gasteiger partial charge in [0.1, 0.15) is 5.75 Å². The van der Waals surface area contributed by atoms with Crippen LogP contribution in [0.3, 0.4) is 0 Å². The molecule has 1 fully saturated rings. The number of hydrogen-bond donors (Lipinski definition) is 1. The largest absolute Gasteiger partial charge is 0.497 e. The maximum absolute atomic E-state index is 12.8. The van der Waals surface area contributed by atoms with Crippen LogP contribution in [0.1, 0.15) is 35.7 Å². The van der Waals surface area contributed by atoms with E-state index in [0.717, 1.165) is 24.2 Å². The summed E-state index contributed by atoms with van der Waals surface area (Å²) in [5.74, 6) is 0.771. The normalized spacial score (nSPS) is 19.4. The first-order valence-electron chi connectivity index (χ1n) is 9.27. The zero-order valence-corrected chi connectivity index (χ0v) is 15.9. The van der Waals surface area contributed by atoms with Crippen LogP contribution in [0.15, 0.2) is 54.6 Å². The molecule has 1 saturated heterocycles. The monoisotopic (exact) mass is 366 g/mol. The van der Waals surface area contributed by atoms with Crippen LogP contribution >= 0.6 is 0 Å². The summed E-state index contributed by atoms with van der Waals surface area (Å²) in [6.45, 7) is 3.54. The van der Waals surface area contributed by atoms with E-state index in [2.05, 4.69) is 5.32 Å². The van der Waals surface area contributed by atoms with E-state index in [1.807, 2.05) is 61.5 Å². The number of carbonyl (C=O) groups is 2. The predicted octanol–water partition coefficient (Wildman–Crippen LogP) is 3.25. The molecule has 0 unspecified atom stereocenters. The van der Waals surface area contributed by atoms with Crippen molar-refractivity contribution in [2.45, 2.75) is 26.3 Å². The Morgan fingerprint density at radius 2 is 1.81 bits per heavy atom. The number of methoxy groups -OCH3 is 1. The van der Waals surface area contributed by atoms with Crippen LogP contribution in [-0.4, -0.2) is 36.9 Å². The molecule has 2 aromatic carbocycles. The maximum atomic E-state index is 12.8. The summed E-state index contributed by atoms with van der Waals surface area (Å²) in [7, 11) is 1.63. The molecule has 3 rings (SSSR count). The van der Waals surface area contributed by atoms with Crippen molar-refractivity contribution in [3.63, 3.8) is 0 Å². The number of ether oxygens (including phenoxy) is 1. The first-order valence-corrected chi connectivity index (χ1v) is 9.27. The molecule has 0 radical (unpaired) electrons. The minimum Gasteiger partial charge on any atom is -0.497 e. The average Bonchev–Trinajstić information content (AvgIpc) is 2.72. The fourth-order valence-electron chi connectivity index (χ4n) is 3.50. The highest BCUT2D eigenvalue weighted by molar-refractivity contribution is 5.95. The molecule has 2 amide bonds. The van der Waals surface area contributed by atoms with Crippen LogP contribution in [0.2, 0.25) is 0 Å². The topological polar surface area (TPSA) is 58.6 Å². The van der Waals surface area contributed by atoms with E-state index in [1.165, 1.54) is 0 Å². The van der Waals surface area contributed by atoms with Gasteiger partial charge in [0, 0.05) is 25.2 Å². The van der Waals surface area contributed by atoms with Crippen molar-refractivity contribution in [1.29, 1.82) is 0 Å². The van der Waals surface area contributed by atoms with Gasteiger partial charge in [-0.25, -0.2) is 0 Å². The van der Waals surface area contributed by atoms with Gasteiger partial charge in [-0.05, 0) is 49.6 Å². The first kappa shape index (κ1) is 19.0. The molecule has 1 N–H and O–H groups in total. The Balaban J connectivity index is 1.62. The number of rotatable bonds is 5. The standard InChI is InChI=1S/C22H26N2O3/c1-22(21(26)23-15-17-9-11-19(27-2)12-10-17)13-6-14-24(16-22)20(25)18-7-4-3-5-8-18/h3-5,7-12H,6,13-16H2,1-2H3,(H,23,26)/t22-/m1/s1. The van der Waals surface area contributed by atoms with Gasteiger partial charge < -0.3 is 15.0 Å². The van der Waals surface area contributed by atoms with Gasteiger partial charge in [-0.15, -0.1) is 0 Å². The van der Waals surface area contributed by atoms with Gasteiger partial charge in [-0.3, -0.25) is 9.59 Å². The van der Waals surface area contributed by atoms with Gasteiger partial charge in [0.05, 0.1) is 12.5 Å². The second-order valence-corrected chi connectivity index (χ2v) is 7.29. The molecule has 142 valence electrons. The van der Waals surface area contributed by atoms with Gasteiger partial charge in [0.25, 0.3) is 5.91 Å². The molecule has 1 atom stereocenters. The predicted molar refractivity (Wildman–Crippen MR) is 105 cm³/mol. The van der Waals surface area contributed by atoms with E-state index in [4.69, 9.17) is 4.74 Å². The van der Waals surface area contributed by atoms with E-state index in [9.17, 15) is 9.59 Å². The molecule has 0 spiro atoms. The number of carbonyl (C=O) groups excluding carboxylic acids is 2. The number of nitrogens with one attached hydrogen (secondary N) is 1. The van der Waals surface area contributed by atoms with Crippen molar-refractivity contribution in [3.8, 4) is 5.75 Å². The van der Waals surface area contributed by atoms with Crippen LogP contribution < -0.4 is 10.1 Å². The fourth-order valence-corrected chi connectivity index (χ4v) is 3.50. The lowest BCUT2D eigenvalue weighted by Crippen LogP contribution is -2.51. The Morgan fingerprint density at radius 1 is 1.11 bits per heavy atom. The molecule has 0 aromatic heterocycles. The van der Waals surface area contributed by atoms with Crippen LogP contribution in [0, 0.1) is 5.41 Å². The maximum Gasteiger partial charge on any atom is 0.253 e. The molecular formula is C22H26N2O3. The highest BCUT2D eigenvalue weighted by atomic mass is 16.5. The fraction of sp³-hybridized carbons (Fsp3) is 0.364. The van der Waals surface area contributed by atoms with E-state index in [-0.39, 0.29) is 11.8 Å². The summed E-state index contributed by atoms with van der Waals surface area (Å²) in [6, 6.07) is 16.9. The quantitative estimate of drug-likeness (QED) is 0.884. The molecule has 2 aromatic rings. The summed E-state index contributed by atoms with van der Waals surface area (Å²) in [5, 5.41) is 3.03. The second kappa shape index (κ2) is 8.25. The van der Waals surface area contributed by atoms with Gasteiger partial charge in [-0.1, -0.05) is 30.3 Å². The highest BCUT2D eigenvalue weighted by Gasteiger charge is 2.39. The van der Waals surface area contributed by atoms with Crippen molar-refractivity contribution in [2.24, 2.45) is 5.41 Å². The number of likely N-dealkylation sites (tertiary alicyclic amines) is 1. The molecule has 1 aliphatic heterocycles. The van der Waals surface area contributed by atoms with E-state index < -0.39 is 5.41 Å². The lowest BCUT2D eigenvalue weighted by Gasteiger charge is -2.39. The van der Waals surface area contributed by atoms with Crippen molar-refractivity contribution < 1.29 is 14.3 Å². The highest BCUT2D eigenvalue weighted by Crippen LogP contribution is 2.30. The average molecular weight is 366 g/mol. The molecule has 5 heteroatoms. The van der Waals surface area contributed by atoms with Crippen LogP contribution in [0.5, 0.6) is 5.75 Å². The van der Waals surface area contributed by atoms with Gasteiger partial charge in [0.2, 0.25) is 5.91 Å². The lowest BCUT2D eigenvalue weighted by atomic mass is 9.80. The van der Waals surface area contributed by atoms with Crippen LogP contribution in [0.25, 0.3) is 0 Å². The third-order valence-electron chi connectivity index (χ3n) is 5.16. The Labute approximate surface area is 160 Å². The van der Waals surface area contributed by atoms with Crippen molar-refractivity contribution in [2.75, 3.05) is 20.2 Å². The van der Waals surface area contributed by atoms with Gasteiger partial charge in [-0.2, -0.15) is 0 Å². The van der Waals surface area contributed by atoms with Gasteiger partial charge >= 0.3 is 0 Å². The molecule has 5 nitrogen and oxygen atoms in total. The zero-order valence-electron chi connectivity index (χ0n) is 15.9. The summed E-state index contributed by atoms with van der Waals surface area (Å²) in [4.78, 5) is 27.4. The molecular weight excluding hydrogens is 340 g/mol. The van der Waals surface area contributed by atoms with Crippen molar-refractivity contribution >= 4 is 11.8 Å².